The molecule has 4 aromatic rings. The van der Waals surface area contributed by atoms with Gasteiger partial charge in [-0.25, -0.2) is 5.43 Å². The molecule has 1 heterocycles. The summed E-state index contributed by atoms with van der Waals surface area (Å²) in [5, 5.41) is 6.70. The smallest absolute Gasteiger partial charge is 0.273 e. The van der Waals surface area contributed by atoms with E-state index in [1.807, 2.05) is 55.5 Å². The molecule has 1 unspecified atom stereocenters. The van der Waals surface area contributed by atoms with Gasteiger partial charge < -0.3 is 5.32 Å². The average molecular weight is 559 g/mol. The molecule has 0 saturated carbocycles. The first-order valence-corrected chi connectivity index (χ1v) is 12.4. The van der Waals surface area contributed by atoms with E-state index < -0.39 is 5.91 Å². The summed E-state index contributed by atoms with van der Waals surface area (Å²) in [6.07, 6.45) is 4.99. The van der Waals surface area contributed by atoms with Crippen LogP contribution < -0.4 is 10.7 Å². The highest BCUT2D eigenvalue weighted by molar-refractivity contribution is 9.10. The van der Waals surface area contributed by atoms with Crippen LogP contribution in [-0.4, -0.2) is 23.0 Å². The number of aryl methyl sites for hydroxylation is 1. The Bertz CT molecular complexity index is 1430. The van der Waals surface area contributed by atoms with E-state index in [1.54, 1.807) is 48.9 Å². The van der Waals surface area contributed by atoms with Crippen molar-refractivity contribution < 1.29 is 9.59 Å². The maximum Gasteiger partial charge on any atom is 0.273 e. The second-order valence-electron chi connectivity index (χ2n) is 8.07. The minimum Gasteiger partial charge on any atom is -0.321 e. The quantitative estimate of drug-likeness (QED) is 0.144. The van der Waals surface area contributed by atoms with E-state index in [-0.39, 0.29) is 16.7 Å². The van der Waals surface area contributed by atoms with Gasteiger partial charge >= 0.3 is 0 Å². The zero-order valence-electron chi connectivity index (χ0n) is 19.4. The second kappa shape index (κ2) is 11.8. The topological polar surface area (TPSA) is 83.5 Å². The number of nitrogens with one attached hydrogen (secondary N) is 2. The minimum atomic E-state index is -0.447. The van der Waals surface area contributed by atoms with Gasteiger partial charge in [-0.15, -0.1) is 0 Å². The van der Waals surface area contributed by atoms with Crippen molar-refractivity contribution in [2.45, 2.75) is 12.2 Å². The normalized spacial score (nSPS) is 11.8. The fraction of sp³-hybridized carbons (Fsp3) is 0.0714. The number of halogens is 1. The van der Waals surface area contributed by atoms with Gasteiger partial charge in [0.05, 0.1) is 22.7 Å². The summed E-state index contributed by atoms with van der Waals surface area (Å²) in [7, 11) is 0. The highest BCUT2D eigenvalue weighted by Crippen LogP contribution is 2.29. The maximum atomic E-state index is 13.1. The van der Waals surface area contributed by atoms with Crippen molar-refractivity contribution in [3.63, 3.8) is 0 Å². The van der Waals surface area contributed by atoms with Gasteiger partial charge in [-0.3, -0.25) is 14.6 Å². The largest absolute Gasteiger partial charge is 0.321 e. The number of thiol groups is 1. The molecule has 8 heteroatoms. The minimum absolute atomic E-state index is 0.207. The number of carbonyl (C=O) groups excluding carboxylic acids is 2. The molecule has 180 valence electrons. The number of carbonyl (C=O) groups is 2. The number of aromatic nitrogens is 1. The summed E-state index contributed by atoms with van der Waals surface area (Å²) in [5.74, 6) is -0.788. The third-order valence-electron chi connectivity index (χ3n) is 5.38. The van der Waals surface area contributed by atoms with Crippen molar-refractivity contribution in [3.05, 3.63) is 129 Å². The number of hydrogen-bond donors (Lipinski definition) is 3. The van der Waals surface area contributed by atoms with Crippen LogP contribution in [0.5, 0.6) is 0 Å². The summed E-state index contributed by atoms with van der Waals surface area (Å²) in [6, 6.07) is 23.8. The van der Waals surface area contributed by atoms with Crippen LogP contribution in [0, 0.1) is 6.92 Å². The summed E-state index contributed by atoms with van der Waals surface area (Å²) < 4.78 is 0.700. The Labute approximate surface area is 223 Å². The molecule has 3 aromatic carbocycles. The Hall–Kier alpha value is -3.75. The maximum absolute atomic E-state index is 13.1. The number of hydrazone groups is 1. The summed E-state index contributed by atoms with van der Waals surface area (Å²) >= 11 is 8.10. The molecule has 0 aliphatic carbocycles. The first kappa shape index (κ1) is 25.3. The lowest BCUT2D eigenvalue weighted by atomic mass is 10.0. The Morgan fingerprint density at radius 3 is 2.50 bits per heavy atom. The molecular formula is C28H23BrN4O2S. The number of nitrogens with zero attached hydrogens (tertiary/aromatic N) is 2. The van der Waals surface area contributed by atoms with Crippen molar-refractivity contribution in [3.8, 4) is 0 Å². The van der Waals surface area contributed by atoms with Crippen molar-refractivity contribution in [2.75, 3.05) is 5.32 Å². The van der Waals surface area contributed by atoms with Gasteiger partial charge in [-0.2, -0.15) is 17.7 Å². The Morgan fingerprint density at radius 1 is 0.944 bits per heavy atom. The predicted molar refractivity (Wildman–Crippen MR) is 150 cm³/mol. The number of pyridine rings is 1. The average Bonchev–Trinajstić information content (AvgIpc) is 2.89. The van der Waals surface area contributed by atoms with Gasteiger partial charge in [0.15, 0.2) is 0 Å². The second-order valence-corrected chi connectivity index (χ2v) is 9.50. The van der Waals surface area contributed by atoms with Crippen LogP contribution in [-0.2, 0) is 0 Å². The molecule has 0 radical (unpaired) electrons. The highest BCUT2D eigenvalue weighted by Gasteiger charge is 2.17. The van der Waals surface area contributed by atoms with Gasteiger partial charge in [0.1, 0.15) is 0 Å². The van der Waals surface area contributed by atoms with Gasteiger partial charge in [0, 0.05) is 22.4 Å². The van der Waals surface area contributed by atoms with E-state index in [2.05, 4.69) is 36.8 Å². The standard InChI is InChI=1S/C28H23BrN4O2S/c1-18-4-2-5-19(14-18)17-31-33-28(35)24-16-23(29)8-9-25(24)32-27(34)22-7-3-6-21(15-22)26(36)20-10-12-30-13-11-20/h2-17,26,36H,1H3,(H,32,34)(H,33,35)/b31-17+. The van der Waals surface area contributed by atoms with Gasteiger partial charge in [0.2, 0.25) is 0 Å². The van der Waals surface area contributed by atoms with E-state index in [4.69, 9.17) is 12.6 Å². The molecule has 4 rings (SSSR count). The molecule has 0 aliphatic heterocycles. The molecule has 0 aliphatic rings. The third-order valence-corrected chi connectivity index (χ3v) is 6.47. The van der Waals surface area contributed by atoms with Crippen LogP contribution in [0.25, 0.3) is 0 Å². The molecule has 2 amide bonds. The summed E-state index contributed by atoms with van der Waals surface area (Å²) in [4.78, 5) is 30.0. The van der Waals surface area contributed by atoms with Crippen molar-refractivity contribution in [1.82, 2.24) is 10.4 Å². The zero-order chi connectivity index (χ0) is 25.5. The van der Waals surface area contributed by atoms with Crippen molar-refractivity contribution in [1.29, 1.82) is 0 Å². The Kier molecular flexibility index (Phi) is 8.30. The molecule has 0 bridgehead atoms. The van der Waals surface area contributed by atoms with Crippen LogP contribution in [0.3, 0.4) is 0 Å². The number of rotatable bonds is 7. The molecule has 1 aromatic heterocycles. The lowest BCUT2D eigenvalue weighted by Crippen LogP contribution is -2.21. The van der Waals surface area contributed by atoms with E-state index in [0.717, 1.165) is 22.3 Å². The lowest BCUT2D eigenvalue weighted by Gasteiger charge is -2.14. The first-order chi connectivity index (χ1) is 17.4. The molecule has 1 atom stereocenters. The van der Waals surface area contributed by atoms with Crippen LogP contribution in [0.2, 0.25) is 0 Å². The van der Waals surface area contributed by atoms with E-state index in [0.29, 0.717) is 15.7 Å². The first-order valence-electron chi connectivity index (χ1n) is 11.1. The fourth-order valence-electron chi connectivity index (χ4n) is 3.57. The number of amides is 2. The van der Waals surface area contributed by atoms with Crippen LogP contribution in [0.1, 0.15) is 48.2 Å². The van der Waals surface area contributed by atoms with E-state index >= 15 is 0 Å². The SMILES string of the molecule is Cc1cccc(/C=N/NC(=O)c2cc(Br)ccc2NC(=O)c2cccc(C(S)c3ccncc3)c2)c1. The molecule has 0 fully saturated rings. The van der Waals surface area contributed by atoms with Crippen molar-refractivity contribution >= 4 is 52.3 Å². The molecule has 6 nitrogen and oxygen atoms in total. The lowest BCUT2D eigenvalue weighted by molar-refractivity contribution is 0.0956. The number of hydrogen-bond acceptors (Lipinski definition) is 5. The summed E-state index contributed by atoms with van der Waals surface area (Å²) in [5.41, 5.74) is 7.44. The van der Waals surface area contributed by atoms with E-state index in [1.165, 1.54) is 0 Å². The van der Waals surface area contributed by atoms with Crippen LogP contribution >= 0.6 is 28.6 Å². The number of anilines is 1. The zero-order valence-corrected chi connectivity index (χ0v) is 21.8. The molecule has 2 N–H and O–H groups in total. The Morgan fingerprint density at radius 2 is 1.72 bits per heavy atom. The van der Waals surface area contributed by atoms with Gasteiger partial charge in [-0.1, -0.05) is 57.9 Å². The van der Waals surface area contributed by atoms with Crippen LogP contribution in [0.15, 0.2) is 101 Å². The van der Waals surface area contributed by atoms with Crippen LogP contribution in [0.4, 0.5) is 5.69 Å². The molecule has 36 heavy (non-hydrogen) atoms. The van der Waals surface area contributed by atoms with Crippen molar-refractivity contribution in [2.24, 2.45) is 5.10 Å². The van der Waals surface area contributed by atoms with Gasteiger partial charge in [0.25, 0.3) is 11.8 Å². The highest BCUT2D eigenvalue weighted by atomic mass is 79.9. The molecular weight excluding hydrogens is 536 g/mol. The third kappa shape index (κ3) is 6.47. The summed E-state index contributed by atoms with van der Waals surface area (Å²) in [6.45, 7) is 1.98. The molecule has 0 spiro atoms. The number of benzene rings is 3. The predicted octanol–water partition coefficient (Wildman–Crippen LogP) is 6.19. The fourth-order valence-corrected chi connectivity index (χ4v) is 4.27. The van der Waals surface area contributed by atoms with Gasteiger partial charge in [-0.05, 0) is 66.1 Å². The Balaban J connectivity index is 1.51. The van der Waals surface area contributed by atoms with E-state index in [9.17, 15) is 9.59 Å². The monoisotopic (exact) mass is 558 g/mol. The molecule has 0 saturated heterocycles.